The number of hydrogen-bond donors (Lipinski definition) is 1. The molecule has 0 bridgehead atoms. The van der Waals surface area contributed by atoms with Crippen molar-refractivity contribution in [1.29, 1.82) is 0 Å². The molecule has 4 aromatic rings. The number of alkyl halides is 1. The first kappa shape index (κ1) is 20.9. The molecule has 0 fully saturated rings. The van der Waals surface area contributed by atoms with E-state index in [1.54, 1.807) is 13.0 Å². The van der Waals surface area contributed by atoms with Crippen LogP contribution in [-0.2, 0) is 0 Å². The summed E-state index contributed by atoms with van der Waals surface area (Å²) in [7, 11) is 0. The Bertz CT molecular complexity index is 1340. The zero-order valence-electron chi connectivity index (χ0n) is 16.3. The topological polar surface area (TPSA) is 59.8 Å². The minimum atomic E-state index is -0.914. The number of para-hydroxylation sites is 1. The second-order valence-corrected chi connectivity index (χ2v) is 7.16. The second kappa shape index (κ2) is 8.39. The van der Waals surface area contributed by atoms with Gasteiger partial charge >= 0.3 is 0 Å². The molecule has 158 valence electrons. The fourth-order valence-electron chi connectivity index (χ4n) is 3.37. The van der Waals surface area contributed by atoms with E-state index < -0.39 is 28.7 Å². The summed E-state index contributed by atoms with van der Waals surface area (Å²) >= 11 is 5.75. The molecule has 0 aliphatic heterocycles. The maximum Gasteiger partial charge on any atom is 0.256 e. The number of nitrogens with one attached hydrogen (secondary N) is 1. The molecule has 0 aliphatic rings. The van der Waals surface area contributed by atoms with Crippen LogP contribution in [0.1, 0.15) is 5.56 Å². The lowest BCUT2D eigenvalue weighted by Crippen LogP contribution is -2.21. The molecular formula is C22H16ClF3N4O. The third kappa shape index (κ3) is 3.86. The van der Waals surface area contributed by atoms with Gasteiger partial charge in [-0.3, -0.25) is 9.36 Å². The van der Waals surface area contributed by atoms with Gasteiger partial charge in [-0.2, -0.15) is 4.98 Å². The summed E-state index contributed by atoms with van der Waals surface area (Å²) in [5.74, 6) is -1.87. The van der Waals surface area contributed by atoms with E-state index in [2.05, 4.69) is 15.3 Å². The van der Waals surface area contributed by atoms with E-state index in [0.717, 1.165) is 16.7 Å². The lowest BCUT2D eigenvalue weighted by Gasteiger charge is -2.16. The Morgan fingerprint density at radius 1 is 1.03 bits per heavy atom. The van der Waals surface area contributed by atoms with Crippen LogP contribution in [0.15, 0.2) is 53.3 Å². The monoisotopic (exact) mass is 444 g/mol. The number of fused-ring (bicyclic) bond motifs is 1. The van der Waals surface area contributed by atoms with E-state index >= 15 is 0 Å². The summed E-state index contributed by atoms with van der Waals surface area (Å²) in [6, 6.07) is 10.2. The highest BCUT2D eigenvalue weighted by Gasteiger charge is 2.20. The molecule has 0 spiro atoms. The molecule has 0 atom stereocenters. The van der Waals surface area contributed by atoms with E-state index in [0.29, 0.717) is 28.8 Å². The average molecular weight is 445 g/mol. The van der Waals surface area contributed by atoms with Gasteiger partial charge in [0.1, 0.15) is 23.1 Å². The van der Waals surface area contributed by atoms with Crippen LogP contribution in [0.4, 0.5) is 19.1 Å². The van der Waals surface area contributed by atoms with E-state index in [9.17, 15) is 18.0 Å². The van der Waals surface area contributed by atoms with Crippen LogP contribution < -0.4 is 10.9 Å². The van der Waals surface area contributed by atoms with Gasteiger partial charge in [0.2, 0.25) is 5.95 Å². The van der Waals surface area contributed by atoms with Crippen molar-refractivity contribution in [2.45, 2.75) is 6.92 Å². The van der Waals surface area contributed by atoms with Crippen molar-refractivity contribution in [3.8, 4) is 16.9 Å². The number of halogens is 4. The summed E-state index contributed by atoms with van der Waals surface area (Å²) < 4.78 is 43.7. The third-order valence-corrected chi connectivity index (χ3v) is 4.92. The first-order valence-corrected chi connectivity index (χ1v) is 9.88. The number of rotatable bonds is 5. The Morgan fingerprint density at radius 3 is 2.45 bits per heavy atom. The highest BCUT2D eigenvalue weighted by Crippen LogP contribution is 2.31. The van der Waals surface area contributed by atoms with Crippen LogP contribution in [0.5, 0.6) is 0 Å². The number of aromatic nitrogens is 3. The molecule has 0 saturated carbocycles. The third-order valence-electron chi connectivity index (χ3n) is 4.73. The smallest absolute Gasteiger partial charge is 0.256 e. The van der Waals surface area contributed by atoms with Gasteiger partial charge in [-0.05, 0) is 48.9 Å². The number of pyridine rings is 1. The Balaban J connectivity index is 2.11. The van der Waals surface area contributed by atoms with Crippen molar-refractivity contribution in [1.82, 2.24) is 14.5 Å². The SMILES string of the molecule is Cc1cc(F)ccc1-c1nc(NCCCl)nc2c1ccc(=O)n2-c1c(F)cccc1F. The fourth-order valence-corrected chi connectivity index (χ4v) is 3.46. The molecule has 2 heterocycles. The van der Waals surface area contributed by atoms with Gasteiger partial charge in [0.25, 0.3) is 5.56 Å². The van der Waals surface area contributed by atoms with Crippen molar-refractivity contribution >= 4 is 28.6 Å². The number of nitrogens with zero attached hydrogens (tertiary/aromatic N) is 3. The number of benzene rings is 2. The number of hydrogen-bond acceptors (Lipinski definition) is 4. The van der Waals surface area contributed by atoms with Crippen molar-refractivity contribution < 1.29 is 13.2 Å². The van der Waals surface area contributed by atoms with Crippen LogP contribution >= 0.6 is 11.6 Å². The predicted octanol–water partition coefficient (Wildman–Crippen LogP) is 4.82. The molecule has 4 rings (SSSR count). The molecule has 5 nitrogen and oxygen atoms in total. The van der Waals surface area contributed by atoms with Gasteiger partial charge in [0, 0.05) is 29.4 Å². The Kier molecular flexibility index (Phi) is 5.65. The number of anilines is 1. The number of aryl methyl sites for hydroxylation is 1. The summed E-state index contributed by atoms with van der Waals surface area (Å²) in [4.78, 5) is 21.5. The van der Waals surface area contributed by atoms with Crippen LogP contribution in [-0.4, -0.2) is 27.0 Å². The molecule has 0 aliphatic carbocycles. The summed E-state index contributed by atoms with van der Waals surface area (Å²) in [5.41, 5.74) is 0.356. The Labute approximate surface area is 180 Å². The molecule has 2 aromatic carbocycles. The molecule has 0 saturated heterocycles. The van der Waals surface area contributed by atoms with E-state index in [1.165, 1.54) is 30.3 Å². The summed E-state index contributed by atoms with van der Waals surface area (Å²) in [6.07, 6.45) is 0. The van der Waals surface area contributed by atoms with Gasteiger partial charge in [0.05, 0.1) is 5.69 Å². The quantitative estimate of drug-likeness (QED) is 0.448. The zero-order valence-corrected chi connectivity index (χ0v) is 17.1. The van der Waals surface area contributed by atoms with Crippen LogP contribution in [0.25, 0.3) is 28.0 Å². The van der Waals surface area contributed by atoms with Crippen molar-refractivity contribution in [3.63, 3.8) is 0 Å². The van der Waals surface area contributed by atoms with Crippen molar-refractivity contribution in [3.05, 3.63) is 81.9 Å². The lowest BCUT2D eigenvalue weighted by molar-refractivity contribution is 0.568. The normalized spacial score (nSPS) is 11.1. The lowest BCUT2D eigenvalue weighted by atomic mass is 10.0. The Hall–Kier alpha value is -3.39. The van der Waals surface area contributed by atoms with Gasteiger partial charge in [-0.25, -0.2) is 18.2 Å². The molecule has 0 unspecified atom stereocenters. The van der Waals surface area contributed by atoms with Gasteiger partial charge in [0.15, 0.2) is 5.65 Å². The van der Waals surface area contributed by atoms with Crippen LogP contribution in [0, 0.1) is 24.4 Å². The van der Waals surface area contributed by atoms with E-state index in [-0.39, 0.29) is 17.5 Å². The highest BCUT2D eigenvalue weighted by atomic mass is 35.5. The highest BCUT2D eigenvalue weighted by molar-refractivity contribution is 6.18. The zero-order chi connectivity index (χ0) is 22.1. The minimum Gasteiger partial charge on any atom is -0.353 e. The van der Waals surface area contributed by atoms with Gasteiger partial charge < -0.3 is 5.32 Å². The van der Waals surface area contributed by atoms with Crippen LogP contribution in [0.2, 0.25) is 0 Å². The van der Waals surface area contributed by atoms with Gasteiger partial charge in [-0.15, -0.1) is 11.6 Å². The van der Waals surface area contributed by atoms with Crippen molar-refractivity contribution in [2.75, 3.05) is 17.7 Å². The fraction of sp³-hybridized carbons (Fsp3) is 0.136. The maximum absolute atomic E-state index is 14.6. The molecule has 1 N–H and O–H groups in total. The Morgan fingerprint density at radius 2 is 1.77 bits per heavy atom. The predicted molar refractivity (Wildman–Crippen MR) is 114 cm³/mol. The van der Waals surface area contributed by atoms with E-state index in [1.807, 2.05) is 0 Å². The molecule has 31 heavy (non-hydrogen) atoms. The molecule has 0 amide bonds. The maximum atomic E-state index is 14.6. The molecule has 9 heteroatoms. The van der Waals surface area contributed by atoms with Crippen molar-refractivity contribution in [2.24, 2.45) is 0 Å². The molecule has 0 radical (unpaired) electrons. The first-order valence-electron chi connectivity index (χ1n) is 9.35. The molecule has 2 aromatic heterocycles. The average Bonchev–Trinajstić information content (AvgIpc) is 2.73. The minimum absolute atomic E-state index is 0.00213. The largest absolute Gasteiger partial charge is 0.353 e. The summed E-state index contributed by atoms with van der Waals surface area (Å²) in [6.45, 7) is 2.03. The molecular weight excluding hydrogens is 429 g/mol. The second-order valence-electron chi connectivity index (χ2n) is 6.79. The standard InChI is InChI=1S/C22H16ClF3N4O/c1-12-11-13(24)5-6-14(12)19-15-7-8-18(31)30(20-16(25)3-2-4-17(20)26)21(15)29-22(28-19)27-10-9-23/h2-8,11H,9-10H2,1H3,(H,27,28,29). The first-order chi connectivity index (χ1) is 14.9. The summed E-state index contributed by atoms with van der Waals surface area (Å²) in [5, 5.41) is 3.29. The van der Waals surface area contributed by atoms with E-state index in [4.69, 9.17) is 11.6 Å². The van der Waals surface area contributed by atoms with Gasteiger partial charge in [-0.1, -0.05) is 6.07 Å². The van der Waals surface area contributed by atoms with Crippen LogP contribution in [0.3, 0.4) is 0 Å².